The van der Waals surface area contributed by atoms with E-state index in [0.29, 0.717) is 11.5 Å². The Balaban J connectivity index is 1.50. The summed E-state index contributed by atoms with van der Waals surface area (Å²) in [6.07, 6.45) is 12.1. The summed E-state index contributed by atoms with van der Waals surface area (Å²) >= 11 is 0. The van der Waals surface area contributed by atoms with E-state index in [-0.39, 0.29) is 17.6 Å². The molecule has 2 aliphatic carbocycles. The van der Waals surface area contributed by atoms with Gasteiger partial charge in [0.1, 0.15) is 11.6 Å². The minimum Gasteiger partial charge on any atom is -0.207 e. The monoisotopic (exact) mass is 408 g/mol. The first kappa shape index (κ1) is 21.3. The zero-order valence-electron chi connectivity index (χ0n) is 18.2. The molecule has 0 N–H and O–H groups in total. The number of hydrogen-bond acceptors (Lipinski definition) is 0. The molecule has 2 aromatic carbocycles. The van der Waals surface area contributed by atoms with Crippen LogP contribution in [0.3, 0.4) is 0 Å². The number of allylic oxidation sites excluding steroid dienone is 1. The molecule has 160 valence electrons. The predicted octanol–water partition coefficient (Wildman–Crippen LogP) is 8.04. The molecule has 0 radical (unpaired) electrons. The highest BCUT2D eigenvalue weighted by Crippen LogP contribution is 2.40. The fourth-order valence-electron chi connectivity index (χ4n) is 5.61. The van der Waals surface area contributed by atoms with Gasteiger partial charge in [0.25, 0.3) is 0 Å². The molecule has 0 heterocycles. The molecule has 1 fully saturated rings. The van der Waals surface area contributed by atoms with E-state index in [9.17, 15) is 0 Å². The third-order valence-electron chi connectivity index (χ3n) is 7.54. The van der Waals surface area contributed by atoms with E-state index in [2.05, 4.69) is 31.7 Å². The zero-order valence-corrected chi connectivity index (χ0v) is 18.2. The van der Waals surface area contributed by atoms with Crippen molar-refractivity contribution in [1.29, 1.82) is 0 Å². The Hall–Kier alpha value is -1.96. The van der Waals surface area contributed by atoms with Crippen LogP contribution in [0.4, 0.5) is 8.78 Å². The normalized spacial score (nSPS) is 23.8. The molecule has 2 aliphatic rings. The number of hydrogen-bond donors (Lipinski definition) is 0. The molecule has 2 aromatic rings. The van der Waals surface area contributed by atoms with E-state index in [4.69, 9.17) is 0 Å². The highest BCUT2D eigenvalue weighted by Gasteiger charge is 2.28. The Morgan fingerprint density at radius 2 is 1.67 bits per heavy atom. The summed E-state index contributed by atoms with van der Waals surface area (Å²) in [7, 11) is 0. The highest BCUT2D eigenvalue weighted by molar-refractivity contribution is 5.39. The van der Waals surface area contributed by atoms with Crippen molar-refractivity contribution in [1.82, 2.24) is 0 Å². The largest absolute Gasteiger partial charge is 0.207 e. The van der Waals surface area contributed by atoms with Gasteiger partial charge >= 0.3 is 0 Å². The molecule has 0 aliphatic heterocycles. The van der Waals surface area contributed by atoms with Crippen LogP contribution in [0, 0.1) is 17.6 Å². The van der Waals surface area contributed by atoms with Gasteiger partial charge < -0.3 is 0 Å². The maximum Gasteiger partial charge on any atom is 0.129 e. The van der Waals surface area contributed by atoms with Crippen LogP contribution >= 0.6 is 0 Å². The SMILES string of the molecule is C=CCCc1ccc2c(c1)CCC(c1c(F)cc(C3CCC(CC)CC3)cc1F)C2. The van der Waals surface area contributed by atoms with Crippen LogP contribution in [0.1, 0.15) is 91.5 Å². The Morgan fingerprint density at radius 3 is 2.33 bits per heavy atom. The fraction of sp³-hybridized carbons (Fsp3) is 0.500. The third-order valence-corrected chi connectivity index (χ3v) is 7.54. The lowest BCUT2D eigenvalue weighted by molar-refractivity contribution is 0.317. The van der Waals surface area contributed by atoms with Crippen LogP contribution in [-0.4, -0.2) is 0 Å². The Labute approximate surface area is 180 Å². The van der Waals surface area contributed by atoms with Crippen LogP contribution < -0.4 is 0 Å². The molecule has 1 atom stereocenters. The van der Waals surface area contributed by atoms with Crippen LogP contribution in [0.2, 0.25) is 0 Å². The van der Waals surface area contributed by atoms with Gasteiger partial charge in [-0.15, -0.1) is 6.58 Å². The average molecular weight is 409 g/mol. The fourth-order valence-corrected chi connectivity index (χ4v) is 5.61. The molecule has 2 heteroatoms. The van der Waals surface area contributed by atoms with Gasteiger partial charge in [0.2, 0.25) is 0 Å². The molecule has 0 spiro atoms. The molecule has 1 saturated carbocycles. The van der Waals surface area contributed by atoms with Crippen LogP contribution in [-0.2, 0) is 19.3 Å². The third kappa shape index (κ3) is 4.53. The first-order chi connectivity index (χ1) is 14.6. The van der Waals surface area contributed by atoms with Crippen molar-refractivity contribution in [3.05, 3.63) is 82.4 Å². The van der Waals surface area contributed by atoms with Crippen molar-refractivity contribution in [2.75, 3.05) is 0 Å². The van der Waals surface area contributed by atoms with Crippen molar-refractivity contribution in [3.63, 3.8) is 0 Å². The smallest absolute Gasteiger partial charge is 0.129 e. The Bertz CT molecular complexity index is 867. The molecule has 0 saturated heterocycles. The highest BCUT2D eigenvalue weighted by atomic mass is 19.1. The summed E-state index contributed by atoms with van der Waals surface area (Å²) in [6, 6.07) is 9.88. The van der Waals surface area contributed by atoms with Gasteiger partial charge in [-0.25, -0.2) is 8.78 Å². The van der Waals surface area contributed by atoms with Crippen molar-refractivity contribution in [2.24, 2.45) is 5.92 Å². The molecule has 30 heavy (non-hydrogen) atoms. The Kier molecular flexibility index (Phi) is 6.71. The lowest BCUT2D eigenvalue weighted by atomic mass is 9.76. The van der Waals surface area contributed by atoms with Crippen molar-refractivity contribution in [2.45, 2.75) is 83.0 Å². The number of aryl methyl sites for hydroxylation is 2. The van der Waals surface area contributed by atoms with Gasteiger partial charge in [0.05, 0.1) is 0 Å². The molecule has 1 unspecified atom stereocenters. The summed E-state index contributed by atoms with van der Waals surface area (Å²) in [5, 5.41) is 0. The predicted molar refractivity (Wildman–Crippen MR) is 121 cm³/mol. The summed E-state index contributed by atoms with van der Waals surface area (Å²) < 4.78 is 30.2. The molecular formula is C28H34F2. The lowest BCUT2D eigenvalue weighted by Crippen LogP contribution is -2.17. The zero-order chi connectivity index (χ0) is 21.1. The lowest BCUT2D eigenvalue weighted by Gasteiger charge is -2.29. The average Bonchev–Trinajstić information content (AvgIpc) is 2.77. The summed E-state index contributed by atoms with van der Waals surface area (Å²) in [5.41, 5.74) is 5.09. The topological polar surface area (TPSA) is 0 Å². The van der Waals surface area contributed by atoms with E-state index >= 15 is 8.78 Å². The molecule has 0 bridgehead atoms. The van der Waals surface area contributed by atoms with Crippen LogP contribution in [0.15, 0.2) is 43.0 Å². The van der Waals surface area contributed by atoms with E-state index in [1.165, 1.54) is 36.0 Å². The van der Waals surface area contributed by atoms with E-state index in [1.54, 1.807) is 12.1 Å². The van der Waals surface area contributed by atoms with Gasteiger partial charge in [-0.1, -0.05) is 37.6 Å². The second-order valence-electron chi connectivity index (χ2n) is 9.39. The van der Waals surface area contributed by atoms with E-state index in [0.717, 1.165) is 56.4 Å². The molecule has 0 aromatic heterocycles. The molecular weight excluding hydrogens is 374 g/mol. The summed E-state index contributed by atoms with van der Waals surface area (Å²) in [4.78, 5) is 0. The maximum absolute atomic E-state index is 15.1. The Morgan fingerprint density at radius 1 is 0.933 bits per heavy atom. The van der Waals surface area contributed by atoms with Crippen molar-refractivity contribution in [3.8, 4) is 0 Å². The van der Waals surface area contributed by atoms with Gasteiger partial charge in [0, 0.05) is 5.56 Å². The first-order valence-corrected chi connectivity index (χ1v) is 11.8. The van der Waals surface area contributed by atoms with Gasteiger partial charge in [-0.2, -0.15) is 0 Å². The number of benzene rings is 2. The number of rotatable bonds is 6. The van der Waals surface area contributed by atoms with Gasteiger partial charge in [-0.05, 0) is 110 Å². The summed E-state index contributed by atoms with van der Waals surface area (Å²) in [5.74, 6) is 0.362. The van der Waals surface area contributed by atoms with Crippen molar-refractivity contribution >= 4 is 0 Å². The van der Waals surface area contributed by atoms with E-state index in [1.807, 2.05) is 6.08 Å². The molecule has 0 amide bonds. The van der Waals surface area contributed by atoms with Crippen LogP contribution in [0.25, 0.3) is 0 Å². The molecule has 0 nitrogen and oxygen atoms in total. The van der Waals surface area contributed by atoms with E-state index < -0.39 is 0 Å². The minimum atomic E-state index is -0.335. The van der Waals surface area contributed by atoms with Crippen LogP contribution in [0.5, 0.6) is 0 Å². The maximum atomic E-state index is 15.1. The number of fused-ring (bicyclic) bond motifs is 1. The standard InChI is InChI=1S/C28H34F2/c1-3-5-6-20-9-12-23-16-24(14-13-22(23)15-20)28-26(29)17-25(18-27(28)30)21-10-7-19(4-2)8-11-21/h3,9,12,15,17-19,21,24H,1,4-8,10-11,13-14,16H2,2H3. The van der Waals surface area contributed by atoms with Gasteiger partial charge in [-0.3, -0.25) is 0 Å². The van der Waals surface area contributed by atoms with Crippen molar-refractivity contribution < 1.29 is 8.78 Å². The second kappa shape index (κ2) is 9.45. The first-order valence-electron chi connectivity index (χ1n) is 11.8. The minimum absolute atomic E-state index is 0.0681. The molecule has 4 rings (SSSR count). The quantitative estimate of drug-likeness (QED) is 0.424. The summed E-state index contributed by atoms with van der Waals surface area (Å²) in [6.45, 7) is 6.03. The number of halogens is 2. The second-order valence-corrected chi connectivity index (χ2v) is 9.39. The van der Waals surface area contributed by atoms with Gasteiger partial charge in [0.15, 0.2) is 0 Å².